The van der Waals surface area contributed by atoms with Crippen LogP contribution in [0.3, 0.4) is 0 Å². The highest BCUT2D eigenvalue weighted by molar-refractivity contribution is 5.76. The van der Waals surface area contributed by atoms with E-state index in [0.29, 0.717) is 6.61 Å². The van der Waals surface area contributed by atoms with Gasteiger partial charge in [0.1, 0.15) is 5.75 Å². The number of methoxy groups -OCH3 is 1. The Labute approximate surface area is 202 Å². The summed E-state index contributed by atoms with van der Waals surface area (Å²) in [6, 6.07) is 14.0. The Hall–Kier alpha value is -2.77. The summed E-state index contributed by atoms with van der Waals surface area (Å²) >= 11 is 0. The molecule has 1 saturated heterocycles. The number of fused-ring (bicyclic) bond motifs is 1. The van der Waals surface area contributed by atoms with E-state index >= 15 is 0 Å². The Bertz CT molecular complexity index is 949. The minimum atomic E-state index is -0.322. The van der Waals surface area contributed by atoms with Gasteiger partial charge in [-0.05, 0) is 68.2 Å². The number of likely N-dealkylation sites (tertiary alicyclic amines) is 1. The molecule has 0 radical (unpaired) electrons. The van der Waals surface area contributed by atoms with Gasteiger partial charge in [-0.25, -0.2) is 0 Å². The minimum Gasteiger partial charge on any atom is -0.497 e. The largest absolute Gasteiger partial charge is 0.497 e. The second-order valence-electron chi connectivity index (χ2n) is 8.81. The molecule has 3 atom stereocenters. The first kappa shape index (κ1) is 24.4. The number of esters is 1. The summed E-state index contributed by atoms with van der Waals surface area (Å²) < 4.78 is 22.1. The molecule has 0 saturated carbocycles. The summed E-state index contributed by atoms with van der Waals surface area (Å²) in [5.41, 5.74) is 2.18. The minimum absolute atomic E-state index is 0.00995. The lowest BCUT2D eigenvalue weighted by Crippen LogP contribution is -2.31. The molecule has 7 nitrogen and oxygen atoms in total. The molecule has 4 rings (SSSR count). The van der Waals surface area contributed by atoms with Gasteiger partial charge in [0, 0.05) is 25.0 Å². The van der Waals surface area contributed by atoms with Crippen LogP contribution in [0, 0.1) is 5.92 Å². The summed E-state index contributed by atoms with van der Waals surface area (Å²) in [6.45, 7) is 8.27. The molecule has 7 heteroatoms. The number of benzene rings is 2. The fourth-order valence-corrected chi connectivity index (χ4v) is 5.07. The maximum atomic E-state index is 13.4. The third kappa shape index (κ3) is 5.31. The van der Waals surface area contributed by atoms with Crippen LogP contribution in [0.5, 0.6) is 17.2 Å². The fourth-order valence-electron chi connectivity index (χ4n) is 5.07. The quantitative estimate of drug-likeness (QED) is 0.393. The Morgan fingerprint density at radius 1 is 1.06 bits per heavy atom. The van der Waals surface area contributed by atoms with Crippen molar-refractivity contribution in [1.82, 2.24) is 10.2 Å². The Morgan fingerprint density at radius 3 is 2.56 bits per heavy atom. The Morgan fingerprint density at radius 2 is 1.82 bits per heavy atom. The van der Waals surface area contributed by atoms with Crippen LogP contribution in [-0.4, -0.2) is 57.6 Å². The first-order valence-electron chi connectivity index (χ1n) is 12.3. The average Bonchev–Trinajstić information content (AvgIpc) is 3.48. The SMILES string of the molecule is CCCNCCCN1CC(c2ccc3c(c2)OCO3)C(C(=O)OCC)C1c1ccc(OC)cc1. The van der Waals surface area contributed by atoms with Gasteiger partial charge in [0.05, 0.1) is 19.6 Å². The summed E-state index contributed by atoms with van der Waals surface area (Å²) in [5.74, 6) is 1.81. The number of carbonyl (C=O) groups is 1. The molecule has 2 aromatic rings. The molecule has 0 aromatic heterocycles. The number of nitrogens with zero attached hydrogens (tertiary/aromatic N) is 1. The molecule has 1 N–H and O–H groups in total. The molecule has 2 aliphatic rings. The monoisotopic (exact) mass is 468 g/mol. The van der Waals surface area contributed by atoms with Gasteiger partial charge in [0.15, 0.2) is 11.5 Å². The van der Waals surface area contributed by atoms with Crippen LogP contribution in [-0.2, 0) is 9.53 Å². The van der Waals surface area contributed by atoms with Crippen molar-refractivity contribution in [3.63, 3.8) is 0 Å². The predicted molar refractivity (Wildman–Crippen MR) is 131 cm³/mol. The number of ether oxygens (including phenoxy) is 4. The molecule has 0 spiro atoms. The van der Waals surface area contributed by atoms with Gasteiger partial charge in [0.25, 0.3) is 0 Å². The first-order valence-corrected chi connectivity index (χ1v) is 12.3. The average molecular weight is 469 g/mol. The van der Waals surface area contributed by atoms with Gasteiger partial charge < -0.3 is 24.3 Å². The molecule has 3 unspecified atom stereocenters. The standard InChI is InChI=1S/C27H36N2O5/c1-4-13-28-14-6-15-29-17-22(20-9-12-23-24(16-20)34-18-33-23)25(27(30)32-5-2)26(29)19-7-10-21(31-3)11-8-19/h7-12,16,22,25-26,28H,4-6,13-15,17-18H2,1-3H3. The van der Waals surface area contributed by atoms with E-state index in [0.717, 1.165) is 67.4 Å². The maximum Gasteiger partial charge on any atom is 0.311 e. The Balaban J connectivity index is 1.66. The summed E-state index contributed by atoms with van der Waals surface area (Å²) in [5, 5.41) is 3.49. The van der Waals surface area contributed by atoms with Crippen molar-refractivity contribution < 1.29 is 23.7 Å². The van der Waals surface area contributed by atoms with E-state index in [1.165, 1.54) is 0 Å². The van der Waals surface area contributed by atoms with Gasteiger partial charge in [-0.15, -0.1) is 0 Å². The fraction of sp³-hybridized carbons (Fsp3) is 0.519. The molecule has 184 valence electrons. The molecule has 2 heterocycles. The number of rotatable bonds is 11. The molecule has 2 aliphatic heterocycles. The van der Waals surface area contributed by atoms with Gasteiger partial charge >= 0.3 is 5.97 Å². The molecule has 1 fully saturated rings. The highest BCUT2D eigenvalue weighted by atomic mass is 16.7. The van der Waals surface area contributed by atoms with E-state index in [-0.39, 0.29) is 30.6 Å². The lowest BCUT2D eigenvalue weighted by atomic mass is 9.82. The van der Waals surface area contributed by atoms with E-state index in [4.69, 9.17) is 18.9 Å². The number of hydrogen-bond donors (Lipinski definition) is 1. The van der Waals surface area contributed by atoms with Crippen molar-refractivity contribution in [3.8, 4) is 17.2 Å². The third-order valence-corrected chi connectivity index (χ3v) is 6.66. The van der Waals surface area contributed by atoms with Crippen molar-refractivity contribution in [2.24, 2.45) is 5.92 Å². The van der Waals surface area contributed by atoms with Crippen LogP contribution in [0.25, 0.3) is 0 Å². The van der Waals surface area contributed by atoms with E-state index in [9.17, 15) is 4.79 Å². The van der Waals surface area contributed by atoms with Crippen molar-refractivity contribution in [3.05, 3.63) is 53.6 Å². The van der Waals surface area contributed by atoms with Crippen molar-refractivity contribution in [2.45, 2.75) is 38.6 Å². The van der Waals surface area contributed by atoms with E-state index in [1.807, 2.05) is 31.2 Å². The third-order valence-electron chi connectivity index (χ3n) is 6.66. The highest BCUT2D eigenvalue weighted by Gasteiger charge is 2.48. The smallest absolute Gasteiger partial charge is 0.311 e. The van der Waals surface area contributed by atoms with Gasteiger partial charge in [-0.3, -0.25) is 9.69 Å². The second kappa shape index (κ2) is 11.6. The van der Waals surface area contributed by atoms with Crippen molar-refractivity contribution in [2.75, 3.05) is 46.7 Å². The van der Waals surface area contributed by atoms with E-state index < -0.39 is 0 Å². The topological polar surface area (TPSA) is 69.3 Å². The zero-order valence-corrected chi connectivity index (χ0v) is 20.4. The van der Waals surface area contributed by atoms with Gasteiger partial charge in [-0.1, -0.05) is 25.1 Å². The zero-order valence-electron chi connectivity index (χ0n) is 20.4. The van der Waals surface area contributed by atoms with Crippen LogP contribution in [0.4, 0.5) is 0 Å². The first-order chi connectivity index (χ1) is 16.7. The van der Waals surface area contributed by atoms with Crippen LogP contribution in [0.2, 0.25) is 0 Å². The number of nitrogens with one attached hydrogen (secondary N) is 1. The van der Waals surface area contributed by atoms with Crippen molar-refractivity contribution in [1.29, 1.82) is 0 Å². The lowest BCUT2D eigenvalue weighted by molar-refractivity contribution is -0.149. The molecular formula is C27H36N2O5. The predicted octanol–water partition coefficient (Wildman–Crippen LogP) is 4.13. The summed E-state index contributed by atoms with van der Waals surface area (Å²) in [7, 11) is 1.66. The van der Waals surface area contributed by atoms with Gasteiger partial charge in [-0.2, -0.15) is 0 Å². The summed E-state index contributed by atoms with van der Waals surface area (Å²) in [4.78, 5) is 15.8. The van der Waals surface area contributed by atoms with Crippen LogP contribution in [0.1, 0.15) is 49.8 Å². The van der Waals surface area contributed by atoms with Crippen LogP contribution in [0.15, 0.2) is 42.5 Å². The summed E-state index contributed by atoms with van der Waals surface area (Å²) in [6.07, 6.45) is 2.13. The molecular weight excluding hydrogens is 432 g/mol. The normalized spacial score (nSPS) is 21.6. The molecule has 34 heavy (non-hydrogen) atoms. The van der Waals surface area contributed by atoms with Crippen molar-refractivity contribution >= 4 is 5.97 Å². The second-order valence-corrected chi connectivity index (χ2v) is 8.81. The number of carbonyl (C=O) groups excluding carboxylic acids is 1. The zero-order chi connectivity index (χ0) is 23.9. The van der Waals surface area contributed by atoms with Crippen LogP contribution < -0.4 is 19.5 Å². The lowest BCUT2D eigenvalue weighted by Gasteiger charge is -2.28. The molecule has 0 aliphatic carbocycles. The highest BCUT2D eigenvalue weighted by Crippen LogP contribution is 2.48. The molecule has 0 amide bonds. The van der Waals surface area contributed by atoms with E-state index in [1.54, 1.807) is 7.11 Å². The van der Waals surface area contributed by atoms with Crippen LogP contribution >= 0.6 is 0 Å². The Kier molecular flexibility index (Phi) is 8.29. The maximum absolute atomic E-state index is 13.4. The van der Waals surface area contributed by atoms with E-state index in [2.05, 4.69) is 35.3 Å². The molecule has 2 aromatic carbocycles. The van der Waals surface area contributed by atoms with Gasteiger partial charge in [0.2, 0.25) is 6.79 Å². The molecule has 0 bridgehead atoms. The number of hydrogen-bond acceptors (Lipinski definition) is 7.